The zero-order valence-electron chi connectivity index (χ0n) is 17.1. The Labute approximate surface area is 181 Å². The normalized spacial score (nSPS) is 11.8. The monoisotopic (exact) mass is 424 g/mol. The lowest BCUT2D eigenvalue weighted by Gasteiger charge is -2.20. The zero-order valence-corrected chi connectivity index (χ0v) is 17.1. The molecule has 0 fully saturated rings. The number of ether oxygens (including phenoxy) is 1. The molecule has 0 saturated heterocycles. The van der Waals surface area contributed by atoms with Gasteiger partial charge in [0, 0.05) is 6.54 Å². The van der Waals surface area contributed by atoms with Gasteiger partial charge in [-0.15, -0.1) is 0 Å². The first-order chi connectivity index (χ1) is 15.1. The van der Waals surface area contributed by atoms with E-state index in [9.17, 15) is 13.6 Å². The largest absolute Gasteiger partial charge is 0.435 e. The molecule has 3 aromatic rings. The van der Waals surface area contributed by atoms with Crippen molar-refractivity contribution in [1.82, 2.24) is 10.6 Å². The maximum absolute atomic E-state index is 12.4. The Balaban J connectivity index is 1.54. The van der Waals surface area contributed by atoms with Crippen LogP contribution < -0.4 is 15.4 Å². The molecule has 4 nitrogen and oxygen atoms in total. The second-order valence-electron chi connectivity index (χ2n) is 7.11. The predicted octanol–water partition coefficient (Wildman–Crippen LogP) is 4.72. The molecule has 0 unspecified atom stereocenters. The van der Waals surface area contributed by atoms with Gasteiger partial charge in [0.1, 0.15) is 5.75 Å². The van der Waals surface area contributed by atoms with E-state index in [4.69, 9.17) is 0 Å². The summed E-state index contributed by atoms with van der Waals surface area (Å²) < 4.78 is 29.2. The first-order valence-electron chi connectivity index (χ1n) is 10.3. The van der Waals surface area contributed by atoms with Gasteiger partial charge in [0.05, 0.1) is 12.6 Å². The van der Waals surface area contributed by atoms with Crippen LogP contribution in [0.15, 0.2) is 84.9 Å². The molecule has 162 valence electrons. The summed E-state index contributed by atoms with van der Waals surface area (Å²) in [6.45, 7) is -2.12. The van der Waals surface area contributed by atoms with Crippen molar-refractivity contribution in [3.05, 3.63) is 102 Å². The molecule has 1 atom stereocenters. The highest BCUT2D eigenvalue weighted by Crippen LogP contribution is 2.24. The molecule has 2 N–H and O–H groups in total. The molecule has 0 bridgehead atoms. The second-order valence-corrected chi connectivity index (χ2v) is 7.11. The lowest BCUT2D eigenvalue weighted by Crippen LogP contribution is -2.36. The standard InChI is InChI=1S/C25H26F2N2O2/c26-25(27)31-22-15-13-21(14-16-22)24(20-11-5-2-6-12-20)29-18-23(30)28-17-7-10-19-8-3-1-4-9-19/h1-6,8-9,11-16,24-25,29H,7,10,17-18H2,(H,28,30)/t24-/m1/s1. The molecule has 0 spiro atoms. The number of benzene rings is 3. The fourth-order valence-corrected chi connectivity index (χ4v) is 3.34. The molecule has 3 aromatic carbocycles. The van der Waals surface area contributed by atoms with Gasteiger partial charge in [-0.2, -0.15) is 8.78 Å². The second kappa shape index (κ2) is 11.8. The SMILES string of the molecule is O=C(CN[C@H](c1ccccc1)c1ccc(OC(F)F)cc1)NCCCc1ccccc1. The summed E-state index contributed by atoms with van der Waals surface area (Å²) in [5.74, 6) is 0.00775. The van der Waals surface area contributed by atoms with E-state index in [1.54, 1.807) is 12.1 Å². The summed E-state index contributed by atoms with van der Waals surface area (Å²) in [7, 11) is 0. The molecule has 0 aliphatic rings. The van der Waals surface area contributed by atoms with Gasteiger partial charge in [-0.3, -0.25) is 10.1 Å². The van der Waals surface area contributed by atoms with E-state index in [0.29, 0.717) is 6.54 Å². The maximum Gasteiger partial charge on any atom is 0.387 e. The highest BCUT2D eigenvalue weighted by atomic mass is 19.3. The van der Waals surface area contributed by atoms with Crippen molar-refractivity contribution in [3.8, 4) is 5.75 Å². The first kappa shape index (κ1) is 22.4. The van der Waals surface area contributed by atoms with Crippen molar-refractivity contribution >= 4 is 5.91 Å². The van der Waals surface area contributed by atoms with E-state index in [1.807, 2.05) is 48.5 Å². The third kappa shape index (κ3) is 7.50. The zero-order chi connectivity index (χ0) is 21.9. The van der Waals surface area contributed by atoms with Crippen molar-refractivity contribution in [2.75, 3.05) is 13.1 Å². The van der Waals surface area contributed by atoms with Gasteiger partial charge >= 0.3 is 6.61 Å². The quantitative estimate of drug-likeness (QED) is 0.438. The molecule has 3 rings (SSSR count). The Kier molecular flexibility index (Phi) is 8.55. The Morgan fingerprint density at radius 2 is 1.45 bits per heavy atom. The van der Waals surface area contributed by atoms with Crippen LogP contribution in [0.4, 0.5) is 8.78 Å². The molecule has 31 heavy (non-hydrogen) atoms. The van der Waals surface area contributed by atoms with E-state index in [-0.39, 0.29) is 24.2 Å². The lowest BCUT2D eigenvalue weighted by molar-refractivity contribution is -0.120. The molecule has 6 heteroatoms. The summed E-state index contributed by atoms with van der Waals surface area (Å²) in [6, 6.07) is 26.0. The molecule has 0 aliphatic carbocycles. The summed E-state index contributed by atoms with van der Waals surface area (Å²) in [5, 5.41) is 6.21. The van der Waals surface area contributed by atoms with Gasteiger partial charge in [-0.05, 0) is 41.7 Å². The van der Waals surface area contributed by atoms with Crippen LogP contribution in [-0.2, 0) is 11.2 Å². The third-order valence-electron chi connectivity index (χ3n) is 4.85. The number of carbonyl (C=O) groups is 1. The predicted molar refractivity (Wildman–Crippen MR) is 117 cm³/mol. The Morgan fingerprint density at radius 1 is 0.839 bits per heavy atom. The number of amides is 1. The summed E-state index contributed by atoms with van der Waals surface area (Å²) in [6.07, 6.45) is 1.78. The lowest BCUT2D eigenvalue weighted by atomic mass is 9.98. The van der Waals surface area contributed by atoms with Crippen LogP contribution >= 0.6 is 0 Å². The van der Waals surface area contributed by atoms with Crippen molar-refractivity contribution in [3.63, 3.8) is 0 Å². The molecule has 0 aliphatic heterocycles. The van der Waals surface area contributed by atoms with E-state index < -0.39 is 6.61 Å². The van der Waals surface area contributed by atoms with Crippen LogP contribution in [0, 0.1) is 0 Å². The minimum absolute atomic E-state index is 0.0911. The Morgan fingerprint density at radius 3 is 2.10 bits per heavy atom. The molecule has 0 heterocycles. The van der Waals surface area contributed by atoms with Gasteiger partial charge in [-0.25, -0.2) is 0 Å². The van der Waals surface area contributed by atoms with Crippen LogP contribution in [0.3, 0.4) is 0 Å². The van der Waals surface area contributed by atoms with Crippen LogP contribution in [0.1, 0.15) is 29.2 Å². The molecular weight excluding hydrogens is 398 g/mol. The average Bonchev–Trinajstić information content (AvgIpc) is 2.79. The smallest absolute Gasteiger partial charge is 0.387 e. The number of nitrogens with one attached hydrogen (secondary N) is 2. The van der Waals surface area contributed by atoms with Crippen molar-refractivity contribution < 1.29 is 18.3 Å². The van der Waals surface area contributed by atoms with Crippen LogP contribution in [0.5, 0.6) is 5.75 Å². The van der Waals surface area contributed by atoms with Gasteiger partial charge in [0.2, 0.25) is 5.91 Å². The van der Waals surface area contributed by atoms with Gasteiger partial charge in [-0.1, -0.05) is 72.8 Å². The number of carbonyl (C=O) groups excluding carboxylic acids is 1. The molecular formula is C25H26F2N2O2. The van der Waals surface area contributed by atoms with Gasteiger partial charge in [0.15, 0.2) is 0 Å². The van der Waals surface area contributed by atoms with Gasteiger partial charge in [0.25, 0.3) is 0 Å². The topological polar surface area (TPSA) is 50.4 Å². The summed E-state index contributed by atoms with van der Waals surface area (Å²) >= 11 is 0. The molecule has 0 radical (unpaired) electrons. The number of halogens is 2. The third-order valence-corrected chi connectivity index (χ3v) is 4.85. The first-order valence-corrected chi connectivity index (χ1v) is 10.3. The minimum atomic E-state index is -2.86. The summed E-state index contributed by atoms with van der Waals surface area (Å²) in [4.78, 5) is 12.3. The van der Waals surface area contributed by atoms with Crippen molar-refractivity contribution in [2.45, 2.75) is 25.5 Å². The Bertz CT molecular complexity index is 919. The summed E-state index contributed by atoms with van der Waals surface area (Å²) in [5.41, 5.74) is 3.07. The van der Waals surface area contributed by atoms with E-state index in [2.05, 4.69) is 27.5 Å². The van der Waals surface area contributed by atoms with E-state index in [0.717, 1.165) is 24.0 Å². The fourth-order valence-electron chi connectivity index (χ4n) is 3.34. The number of hydrogen-bond acceptors (Lipinski definition) is 3. The highest BCUT2D eigenvalue weighted by molar-refractivity contribution is 5.78. The highest BCUT2D eigenvalue weighted by Gasteiger charge is 2.15. The van der Waals surface area contributed by atoms with Crippen LogP contribution in [0.2, 0.25) is 0 Å². The maximum atomic E-state index is 12.4. The molecule has 1 amide bonds. The van der Waals surface area contributed by atoms with Crippen molar-refractivity contribution in [2.24, 2.45) is 0 Å². The van der Waals surface area contributed by atoms with Crippen molar-refractivity contribution in [1.29, 1.82) is 0 Å². The van der Waals surface area contributed by atoms with Gasteiger partial charge < -0.3 is 10.1 Å². The number of hydrogen-bond donors (Lipinski definition) is 2. The number of rotatable bonds is 11. The van der Waals surface area contributed by atoms with E-state index >= 15 is 0 Å². The molecule has 0 saturated carbocycles. The van der Waals surface area contributed by atoms with Crippen LogP contribution in [0.25, 0.3) is 0 Å². The molecule has 0 aromatic heterocycles. The fraction of sp³-hybridized carbons (Fsp3) is 0.240. The number of aryl methyl sites for hydroxylation is 1. The average molecular weight is 424 g/mol. The van der Waals surface area contributed by atoms with Crippen LogP contribution in [-0.4, -0.2) is 25.6 Å². The minimum Gasteiger partial charge on any atom is -0.435 e. The Hall–Kier alpha value is -3.25. The van der Waals surface area contributed by atoms with E-state index in [1.165, 1.54) is 17.7 Å². The number of alkyl halides is 2.